The van der Waals surface area contributed by atoms with Crippen LogP contribution in [0.1, 0.15) is 36.0 Å². The van der Waals surface area contributed by atoms with Gasteiger partial charge in [-0.15, -0.1) is 0 Å². The second-order valence-corrected chi connectivity index (χ2v) is 6.03. The molecule has 5 nitrogen and oxygen atoms in total. The van der Waals surface area contributed by atoms with Gasteiger partial charge in [-0.3, -0.25) is 10.1 Å². The van der Waals surface area contributed by atoms with Gasteiger partial charge in [0.05, 0.1) is 4.92 Å². The van der Waals surface area contributed by atoms with Gasteiger partial charge in [-0.05, 0) is 61.1 Å². The highest BCUT2D eigenvalue weighted by molar-refractivity contribution is 5.77. The zero-order valence-electron chi connectivity index (χ0n) is 12.6. The molecule has 1 aliphatic heterocycles. The fraction of sp³-hybridized carbons (Fsp3) is 0.412. The Kier molecular flexibility index (Phi) is 3.92. The summed E-state index contributed by atoms with van der Waals surface area (Å²) in [4.78, 5) is 24.0. The van der Waals surface area contributed by atoms with Crippen LogP contribution in [0.2, 0.25) is 0 Å². The van der Waals surface area contributed by atoms with E-state index in [4.69, 9.17) is 0 Å². The molecule has 0 saturated heterocycles. The quantitative estimate of drug-likeness (QED) is 0.478. The number of fused-ring (bicyclic) bond motifs is 1. The number of nitrogens with zero attached hydrogens (tertiary/aromatic N) is 2. The van der Waals surface area contributed by atoms with Crippen molar-refractivity contribution in [1.82, 2.24) is 4.90 Å². The Morgan fingerprint density at radius 3 is 2.82 bits per heavy atom. The summed E-state index contributed by atoms with van der Waals surface area (Å²) >= 11 is 0. The third-order valence-corrected chi connectivity index (χ3v) is 4.44. The fourth-order valence-corrected chi connectivity index (χ4v) is 3.33. The first-order valence-electron chi connectivity index (χ1n) is 7.52. The number of likely N-dealkylation sites (N-methyl/N-ethyl adjacent to an activating group) is 1. The van der Waals surface area contributed by atoms with Gasteiger partial charge in [0.1, 0.15) is 5.94 Å². The molecule has 0 radical (unpaired) electrons. The standard InChI is InChI=1S/C17H18N2O3/c1-18-6-5-16-14(10-18)8-15(19(21)22)9-17(16)13-4-2-3-12(7-13)11-20/h7-9H,2-6,10H2,1H3. The lowest BCUT2D eigenvalue weighted by atomic mass is 9.85. The Bertz CT molecular complexity index is 715. The van der Waals surface area contributed by atoms with Crippen LogP contribution in [0.4, 0.5) is 5.69 Å². The molecule has 2 aliphatic rings. The third-order valence-electron chi connectivity index (χ3n) is 4.44. The molecule has 0 bridgehead atoms. The summed E-state index contributed by atoms with van der Waals surface area (Å²) in [6.07, 6.45) is 5.25. The van der Waals surface area contributed by atoms with Crippen molar-refractivity contribution < 1.29 is 9.72 Å². The van der Waals surface area contributed by atoms with Crippen LogP contribution in [0.25, 0.3) is 5.57 Å². The highest BCUT2D eigenvalue weighted by Gasteiger charge is 2.23. The van der Waals surface area contributed by atoms with E-state index in [2.05, 4.69) is 4.90 Å². The van der Waals surface area contributed by atoms with Crippen molar-refractivity contribution in [3.05, 3.63) is 50.6 Å². The molecule has 1 aromatic rings. The Balaban J connectivity index is 2.15. The van der Waals surface area contributed by atoms with Crippen LogP contribution in [0.5, 0.6) is 0 Å². The van der Waals surface area contributed by atoms with Gasteiger partial charge in [0.25, 0.3) is 5.69 Å². The number of non-ortho nitro benzene ring substituents is 1. The number of benzene rings is 1. The number of hydrogen-bond donors (Lipinski definition) is 0. The third kappa shape index (κ3) is 2.73. The monoisotopic (exact) mass is 298 g/mol. The molecule has 3 rings (SSSR count). The molecule has 0 amide bonds. The van der Waals surface area contributed by atoms with E-state index in [0.717, 1.165) is 55.5 Å². The van der Waals surface area contributed by atoms with Crippen molar-refractivity contribution in [1.29, 1.82) is 0 Å². The molecule has 0 saturated carbocycles. The highest BCUT2D eigenvalue weighted by Crippen LogP contribution is 2.36. The second-order valence-electron chi connectivity index (χ2n) is 6.03. The van der Waals surface area contributed by atoms with E-state index in [1.165, 1.54) is 5.56 Å². The summed E-state index contributed by atoms with van der Waals surface area (Å²) in [5.41, 5.74) is 5.00. The Morgan fingerprint density at radius 1 is 1.27 bits per heavy atom. The van der Waals surface area contributed by atoms with Crippen molar-refractivity contribution >= 4 is 17.2 Å². The van der Waals surface area contributed by atoms with E-state index in [9.17, 15) is 14.9 Å². The van der Waals surface area contributed by atoms with Gasteiger partial charge in [0.15, 0.2) is 0 Å². The average molecular weight is 298 g/mol. The summed E-state index contributed by atoms with van der Waals surface area (Å²) in [5, 5.41) is 11.2. The number of carbonyl (C=O) groups excluding carboxylic acids is 1. The van der Waals surface area contributed by atoms with Crippen molar-refractivity contribution in [2.24, 2.45) is 0 Å². The first-order valence-corrected chi connectivity index (χ1v) is 7.52. The summed E-state index contributed by atoms with van der Waals surface area (Å²) in [7, 11) is 2.02. The fourth-order valence-electron chi connectivity index (χ4n) is 3.33. The van der Waals surface area contributed by atoms with Crippen LogP contribution in [-0.2, 0) is 17.8 Å². The summed E-state index contributed by atoms with van der Waals surface area (Å²) in [6, 6.07) is 3.36. The number of rotatable bonds is 2. The van der Waals surface area contributed by atoms with E-state index in [1.807, 2.05) is 19.1 Å². The van der Waals surface area contributed by atoms with Crippen LogP contribution in [0, 0.1) is 10.1 Å². The summed E-state index contributed by atoms with van der Waals surface area (Å²) < 4.78 is 0. The number of allylic oxidation sites excluding steroid dienone is 3. The van der Waals surface area contributed by atoms with Gasteiger partial charge in [-0.2, -0.15) is 0 Å². The van der Waals surface area contributed by atoms with Crippen LogP contribution in [0.3, 0.4) is 0 Å². The molecule has 114 valence electrons. The number of nitro groups is 1. The molecular formula is C17H18N2O3. The molecular weight excluding hydrogens is 280 g/mol. The van der Waals surface area contributed by atoms with Crippen molar-refractivity contribution in [3.8, 4) is 0 Å². The molecule has 0 spiro atoms. The van der Waals surface area contributed by atoms with Crippen LogP contribution < -0.4 is 0 Å². The van der Waals surface area contributed by atoms with Gasteiger partial charge in [-0.1, -0.05) is 0 Å². The SMILES string of the molecule is CN1CCc2c(cc([N+](=O)[O-])cc2C2=CC(=C=O)CCC2)C1. The predicted octanol–water partition coefficient (Wildman–Crippen LogP) is 2.91. The molecule has 1 aromatic carbocycles. The first-order chi connectivity index (χ1) is 10.6. The molecule has 0 unspecified atom stereocenters. The number of hydrogen-bond acceptors (Lipinski definition) is 4. The lowest BCUT2D eigenvalue weighted by molar-refractivity contribution is -0.385. The van der Waals surface area contributed by atoms with E-state index in [-0.39, 0.29) is 10.6 Å². The van der Waals surface area contributed by atoms with Crippen LogP contribution in [-0.4, -0.2) is 29.4 Å². The zero-order chi connectivity index (χ0) is 15.7. The lowest BCUT2D eigenvalue weighted by Crippen LogP contribution is -2.27. The second kappa shape index (κ2) is 5.87. The number of nitro benzene ring substituents is 1. The van der Waals surface area contributed by atoms with Gasteiger partial charge in [-0.25, -0.2) is 4.79 Å². The minimum atomic E-state index is -0.335. The van der Waals surface area contributed by atoms with E-state index < -0.39 is 0 Å². The van der Waals surface area contributed by atoms with Gasteiger partial charge < -0.3 is 4.90 Å². The summed E-state index contributed by atoms with van der Waals surface area (Å²) in [5.74, 6) is 1.98. The van der Waals surface area contributed by atoms with Gasteiger partial charge in [0.2, 0.25) is 0 Å². The molecule has 22 heavy (non-hydrogen) atoms. The van der Waals surface area contributed by atoms with Gasteiger partial charge >= 0.3 is 0 Å². The average Bonchev–Trinajstić information content (AvgIpc) is 2.53. The van der Waals surface area contributed by atoms with Gasteiger partial charge in [0, 0.05) is 30.8 Å². The lowest BCUT2D eigenvalue weighted by Gasteiger charge is -2.28. The van der Waals surface area contributed by atoms with Crippen molar-refractivity contribution in [2.75, 3.05) is 13.6 Å². The molecule has 0 N–H and O–H groups in total. The minimum Gasteiger partial charge on any atom is -0.302 e. The smallest absolute Gasteiger partial charge is 0.270 e. The van der Waals surface area contributed by atoms with Crippen molar-refractivity contribution in [3.63, 3.8) is 0 Å². The maximum atomic E-state index is 11.2. The Hall–Kier alpha value is -2.23. The van der Waals surface area contributed by atoms with Crippen molar-refractivity contribution in [2.45, 2.75) is 32.2 Å². The molecule has 0 aromatic heterocycles. The summed E-state index contributed by atoms with van der Waals surface area (Å²) in [6.45, 7) is 1.68. The maximum absolute atomic E-state index is 11.2. The zero-order valence-corrected chi connectivity index (χ0v) is 12.6. The predicted molar refractivity (Wildman–Crippen MR) is 84.2 cm³/mol. The van der Waals surface area contributed by atoms with E-state index >= 15 is 0 Å². The molecule has 1 aliphatic carbocycles. The highest BCUT2D eigenvalue weighted by atomic mass is 16.6. The normalized spacial score (nSPS) is 18.4. The van der Waals surface area contributed by atoms with Crippen LogP contribution >= 0.6 is 0 Å². The topological polar surface area (TPSA) is 63.4 Å². The Labute approximate surface area is 129 Å². The Morgan fingerprint density at radius 2 is 2.09 bits per heavy atom. The molecule has 0 fully saturated rings. The van der Waals surface area contributed by atoms with E-state index in [0.29, 0.717) is 5.57 Å². The molecule has 0 atom stereocenters. The van der Waals surface area contributed by atoms with E-state index in [1.54, 1.807) is 12.1 Å². The largest absolute Gasteiger partial charge is 0.302 e. The minimum absolute atomic E-state index is 0.132. The molecule has 5 heteroatoms. The maximum Gasteiger partial charge on any atom is 0.270 e. The first kappa shape index (κ1) is 14.7. The molecule has 1 heterocycles. The van der Waals surface area contributed by atoms with Crippen LogP contribution in [0.15, 0.2) is 23.8 Å².